The van der Waals surface area contributed by atoms with Crippen molar-refractivity contribution >= 4 is 21.8 Å². The third-order valence-corrected chi connectivity index (χ3v) is 4.87. The summed E-state index contributed by atoms with van der Waals surface area (Å²) < 4.78 is 1.09. The van der Waals surface area contributed by atoms with Crippen molar-refractivity contribution in [2.75, 3.05) is 19.6 Å². The van der Waals surface area contributed by atoms with E-state index in [9.17, 15) is 4.79 Å². The van der Waals surface area contributed by atoms with Gasteiger partial charge in [0.25, 0.3) is 0 Å². The molecule has 0 bridgehead atoms. The number of benzene rings is 1. The molecular formula is C15H19BrN2O. The molecule has 1 saturated carbocycles. The number of carbonyl (C=O) groups is 1. The van der Waals surface area contributed by atoms with Gasteiger partial charge in [0.2, 0.25) is 5.91 Å². The Morgan fingerprint density at radius 1 is 1.37 bits per heavy atom. The Bertz CT molecular complexity index is 474. The first-order chi connectivity index (χ1) is 9.19. The molecule has 2 aliphatic rings. The van der Waals surface area contributed by atoms with Crippen LogP contribution in [0.3, 0.4) is 0 Å². The first kappa shape index (κ1) is 13.1. The Hall–Kier alpha value is -0.870. The molecule has 1 heterocycles. The predicted octanol–water partition coefficient (Wildman–Crippen LogP) is 2.36. The first-order valence-electron chi connectivity index (χ1n) is 6.93. The summed E-state index contributed by atoms with van der Waals surface area (Å²) in [6.07, 6.45) is 2.07. The van der Waals surface area contributed by atoms with Crippen LogP contribution in [0.2, 0.25) is 0 Å². The monoisotopic (exact) mass is 322 g/mol. The summed E-state index contributed by atoms with van der Waals surface area (Å²) in [5.41, 5.74) is 6.97. The van der Waals surface area contributed by atoms with Gasteiger partial charge in [-0.05, 0) is 48.9 Å². The molecule has 19 heavy (non-hydrogen) atoms. The normalized spacial score (nSPS) is 29.6. The van der Waals surface area contributed by atoms with Gasteiger partial charge in [0.05, 0.1) is 0 Å². The molecule has 3 rings (SSSR count). The van der Waals surface area contributed by atoms with Crippen molar-refractivity contribution in [3.63, 3.8) is 0 Å². The van der Waals surface area contributed by atoms with Crippen molar-refractivity contribution in [3.8, 4) is 0 Å². The van der Waals surface area contributed by atoms with Crippen LogP contribution in [-0.2, 0) is 4.79 Å². The first-order valence-corrected chi connectivity index (χ1v) is 7.72. The van der Waals surface area contributed by atoms with Gasteiger partial charge in [-0.1, -0.05) is 28.1 Å². The fourth-order valence-electron chi connectivity index (χ4n) is 3.01. The number of amides is 1. The van der Waals surface area contributed by atoms with Crippen LogP contribution in [0.4, 0.5) is 0 Å². The molecule has 3 nitrogen and oxygen atoms in total. The van der Waals surface area contributed by atoms with Gasteiger partial charge in [-0.15, -0.1) is 0 Å². The quantitative estimate of drug-likeness (QED) is 0.928. The number of hydrogen-bond acceptors (Lipinski definition) is 2. The average Bonchev–Trinajstić information content (AvgIpc) is 3.07. The van der Waals surface area contributed by atoms with Crippen LogP contribution >= 0.6 is 15.9 Å². The van der Waals surface area contributed by atoms with Crippen molar-refractivity contribution in [3.05, 3.63) is 34.3 Å². The molecule has 1 saturated heterocycles. The minimum absolute atomic E-state index is 0.206. The number of likely N-dealkylation sites (tertiary alicyclic amines) is 1. The number of carbonyl (C=O) groups excluding carboxylic acids is 1. The minimum Gasteiger partial charge on any atom is -0.342 e. The minimum atomic E-state index is 0.206. The summed E-state index contributed by atoms with van der Waals surface area (Å²) in [7, 11) is 0. The zero-order valence-corrected chi connectivity index (χ0v) is 12.5. The molecule has 0 radical (unpaired) electrons. The van der Waals surface area contributed by atoms with Crippen molar-refractivity contribution in [2.24, 2.45) is 17.6 Å². The molecular weight excluding hydrogens is 304 g/mol. The molecule has 0 unspecified atom stereocenters. The molecule has 0 aromatic heterocycles. The standard InChI is InChI=1S/C15H19BrN2O/c16-12-3-1-11(2-4-12)13-7-14(13)15(19)18-6-5-10(8-17)9-18/h1-4,10,13-14H,5-9,17H2/t10-,13-,14+/m0/s1. The van der Waals surface area contributed by atoms with Crippen molar-refractivity contribution < 1.29 is 4.79 Å². The lowest BCUT2D eigenvalue weighted by atomic mass is 10.1. The van der Waals surface area contributed by atoms with Gasteiger partial charge >= 0.3 is 0 Å². The highest BCUT2D eigenvalue weighted by molar-refractivity contribution is 9.10. The molecule has 2 fully saturated rings. The Kier molecular flexibility index (Phi) is 3.63. The number of halogens is 1. The zero-order chi connectivity index (χ0) is 13.4. The number of hydrogen-bond donors (Lipinski definition) is 1. The van der Waals surface area contributed by atoms with Crippen molar-refractivity contribution in [1.82, 2.24) is 4.90 Å². The van der Waals surface area contributed by atoms with E-state index in [1.54, 1.807) is 0 Å². The number of nitrogens with zero attached hydrogens (tertiary/aromatic N) is 1. The molecule has 1 aromatic carbocycles. The van der Waals surface area contributed by atoms with E-state index < -0.39 is 0 Å². The fourth-order valence-corrected chi connectivity index (χ4v) is 3.27. The SMILES string of the molecule is NC[C@@H]1CCN(C(=O)[C@@H]2C[C@H]2c2ccc(Br)cc2)C1. The van der Waals surface area contributed by atoms with Crippen LogP contribution in [-0.4, -0.2) is 30.4 Å². The summed E-state index contributed by atoms with van der Waals surface area (Å²) in [5, 5.41) is 0. The number of rotatable bonds is 3. The van der Waals surface area contributed by atoms with E-state index in [-0.39, 0.29) is 5.92 Å². The molecule has 102 valence electrons. The van der Waals surface area contributed by atoms with Crippen LogP contribution in [0.5, 0.6) is 0 Å². The van der Waals surface area contributed by atoms with Gasteiger partial charge < -0.3 is 10.6 Å². The molecule has 2 N–H and O–H groups in total. The van der Waals surface area contributed by atoms with Crippen LogP contribution in [0.1, 0.15) is 24.3 Å². The van der Waals surface area contributed by atoms with Gasteiger partial charge in [-0.2, -0.15) is 0 Å². The van der Waals surface area contributed by atoms with E-state index in [0.717, 1.165) is 30.4 Å². The molecule has 4 heteroatoms. The van der Waals surface area contributed by atoms with Gasteiger partial charge in [-0.25, -0.2) is 0 Å². The van der Waals surface area contributed by atoms with Gasteiger partial charge in [0.15, 0.2) is 0 Å². The highest BCUT2D eigenvalue weighted by Gasteiger charge is 2.46. The van der Waals surface area contributed by atoms with E-state index >= 15 is 0 Å². The Morgan fingerprint density at radius 3 is 2.74 bits per heavy atom. The lowest BCUT2D eigenvalue weighted by Crippen LogP contribution is -2.31. The predicted molar refractivity (Wildman–Crippen MR) is 78.7 cm³/mol. The largest absolute Gasteiger partial charge is 0.342 e. The smallest absolute Gasteiger partial charge is 0.226 e. The van der Waals surface area contributed by atoms with E-state index in [1.807, 2.05) is 4.90 Å². The summed E-state index contributed by atoms with van der Waals surface area (Å²) in [6.45, 7) is 2.45. The van der Waals surface area contributed by atoms with E-state index in [1.165, 1.54) is 5.56 Å². The molecule has 1 aliphatic heterocycles. The van der Waals surface area contributed by atoms with Gasteiger partial charge in [-0.3, -0.25) is 4.79 Å². The molecule has 3 atom stereocenters. The molecule has 1 aromatic rings. The third-order valence-electron chi connectivity index (χ3n) is 4.34. The average molecular weight is 323 g/mol. The Labute approximate surface area is 122 Å². The van der Waals surface area contributed by atoms with Crippen LogP contribution in [0, 0.1) is 11.8 Å². The molecule has 1 amide bonds. The Morgan fingerprint density at radius 2 is 2.11 bits per heavy atom. The Balaban J connectivity index is 1.60. The second-order valence-corrected chi connectivity index (χ2v) is 6.59. The molecule has 0 spiro atoms. The highest BCUT2D eigenvalue weighted by atomic mass is 79.9. The lowest BCUT2D eigenvalue weighted by molar-refractivity contribution is -0.131. The van der Waals surface area contributed by atoms with E-state index in [0.29, 0.717) is 24.3 Å². The maximum absolute atomic E-state index is 12.4. The van der Waals surface area contributed by atoms with Crippen LogP contribution < -0.4 is 5.73 Å². The van der Waals surface area contributed by atoms with E-state index in [2.05, 4.69) is 40.2 Å². The maximum Gasteiger partial charge on any atom is 0.226 e. The summed E-state index contributed by atoms with van der Waals surface area (Å²) >= 11 is 3.44. The van der Waals surface area contributed by atoms with Crippen molar-refractivity contribution in [1.29, 1.82) is 0 Å². The van der Waals surface area contributed by atoms with Crippen LogP contribution in [0.15, 0.2) is 28.7 Å². The number of nitrogens with two attached hydrogens (primary N) is 1. The second kappa shape index (κ2) is 5.25. The summed E-state index contributed by atoms with van der Waals surface area (Å²) in [4.78, 5) is 14.4. The fraction of sp³-hybridized carbons (Fsp3) is 0.533. The highest BCUT2D eigenvalue weighted by Crippen LogP contribution is 2.49. The molecule has 1 aliphatic carbocycles. The second-order valence-electron chi connectivity index (χ2n) is 5.67. The lowest BCUT2D eigenvalue weighted by Gasteiger charge is -2.16. The van der Waals surface area contributed by atoms with Crippen molar-refractivity contribution in [2.45, 2.75) is 18.8 Å². The van der Waals surface area contributed by atoms with Gasteiger partial charge in [0, 0.05) is 23.5 Å². The third kappa shape index (κ3) is 2.70. The van der Waals surface area contributed by atoms with Crippen LogP contribution in [0.25, 0.3) is 0 Å². The van der Waals surface area contributed by atoms with E-state index in [4.69, 9.17) is 5.73 Å². The summed E-state index contributed by atoms with van der Waals surface area (Å²) in [5.74, 6) is 1.48. The van der Waals surface area contributed by atoms with Gasteiger partial charge in [0.1, 0.15) is 0 Å². The maximum atomic E-state index is 12.4. The summed E-state index contributed by atoms with van der Waals surface area (Å²) in [6, 6.07) is 8.34. The zero-order valence-electron chi connectivity index (χ0n) is 10.9. The topological polar surface area (TPSA) is 46.3 Å².